The lowest BCUT2D eigenvalue weighted by molar-refractivity contribution is -0.341. The predicted molar refractivity (Wildman–Crippen MR) is 45.3 cm³/mol. The van der Waals surface area contributed by atoms with Crippen molar-refractivity contribution in [3.63, 3.8) is 0 Å². The highest BCUT2D eigenvalue weighted by Gasteiger charge is 2.36. The minimum atomic E-state index is -4.45. The Hall–Kier alpha value is -0.250. The van der Waals surface area contributed by atoms with Crippen LogP contribution in [0.25, 0.3) is 0 Å². The van der Waals surface area contributed by atoms with Gasteiger partial charge in [0.1, 0.15) is 0 Å². The zero-order valence-corrected chi connectivity index (χ0v) is 8.32. The van der Waals surface area contributed by atoms with E-state index in [0.717, 1.165) is 6.42 Å². The molecule has 1 aliphatic rings. The molecule has 0 heterocycles. The lowest BCUT2D eigenvalue weighted by Gasteiger charge is -2.13. The van der Waals surface area contributed by atoms with E-state index in [0.29, 0.717) is 18.8 Å². The first-order valence-electron chi connectivity index (χ1n) is 4.72. The number of hydrogen-bond donors (Lipinski definition) is 0. The van der Waals surface area contributed by atoms with Crippen molar-refractivity contribution in [2.45, 2.75) is 52.5 Å². The average molecular weight is 198 g/mol. The summed E-state index contributed by atoms with van der Waals surface area (Å²) in [5.41, 5.74) is 0. The van der Waals surface area contributed by atoms with E-state index in [-0.39, 0.29) is 0 Å². The van der Waals surface area contributed by atoms with Crippen LogP contribution in [-0.4, -0.2) is 12.5 Å². The van der Waals surface area contributed by atoms with E-state index in [9.17, 15) is 13.2 Å². The second kappa shape index (κ2) is 5.47. The molecular formula is C9H17F3O. The lowest BCUT2D eigenvalue weighted by Crippen LogP contribution is -2.21. The molecule has 0 radical (unpaired) electrons. The first-order valence-corrected chi connectivity index (χ1v) is 4.72. The molecule has 2 unspecified atom stereocenters. The standard InChI is InChI=1S/C7H11F3O.C2H6/c1-5-2-3-6(4-5)11-7(8,9)10;1-2/h5-6H,2-4H2,1H3;1-2H3. The van der Waals surface area contributed by atoms with Gasteiger partial charge in [-0.2, -0.15) is 0 Å². The topological polar surface area (TPSA) is 9.23 Å². The highest BCUT2D eigenvalue weighted by Crippen LogP contribution is 2.31. The van der Waals surface area contributed by atoms with Gasteiger partial charge in [-0.05, 0) is 25.2 Å². The number of hydrogen-bond acceptors (Lipinski definition) is 1. The second-order valence-corrected chi connectivity index (χ2v) is 3.10. The Morgan fingerprint density at radius 1 is 1.15 bits per heavy atom. The normalized spacial score (nSPS) is 28.2. The summed E-state index contributed by atoms with van der Waals surface area (Å²) in [6.07, 6.45) is -3.11. The minimum absolute atomic E-state index is 0.377. The summed E-state index contributed by atoms with van der Waals surface area (Å²) in [6, 6.07) is 0. The Labute approximate surface area is 77.3 Å². The third-order valence-corrected chi connectivity index (χ3v) is 1.95. The molecule has 0 aliphatic heterocycles. The van der Waals surface area contributed by atoms with E-state index < -0.39 is 12.5 Å². The van der Waals surface area contributed by atoms with Gasteiger partial charge in [-0.1, -0.05) is 20.8 Å². The maximum absolute atomic E-state index is 11.6. The molecule has 1 nitrogen and oxygen atoms in total. The molecule has 0 N–H and O–H groups in total. The van der Waals surface area contributed by atoms with Crippen LogP contribution in [0.3, 0.4) is 0 Å². The molecule has 1 fully saturated rings. The van der Waals surface area contributed by atoms with Gasteiger partial charge in [0.25, 0.3) is 0 Å². The molecule has 0 aromatic heterocycles. The Morgan fingerprint density at radius 2 is 1.69 bits per heavy atom. The summed E-state index contributed by atoms with van der Waals surface area (Å²) in [5.74, 6) is 0.377. The maximum atomic E-state index is 11.6. The molecule has 1 aliphatic carbocycles. The second-order valence-electron chi connectivity index (χ2n) is 3.10. The quantitative estimate of drug-likeness (QED) is 0.623. The summed E-state index contributed by atoms with van der Waals surface area (Å²) in [7, 11) is 0. The van der Waals surface area contributed by atoms with Gasteiger partial charge in [0.05, 0.1) is 6.10 Å². The predicted octanol–water partition coefficient (Wildman–Crippen LogP) is 3.74. The van der Waals surface area contributed by atoms with Gasteiger partial charge in [0, 0.05) is 0 Å². The highest BCUT2D eigenvalue weighted by atomic mass is 19.4. The van der Waals surface area contributed by atoms with Crippen LogP contribution < -0.4 is 0 Å². The summed E-state index contributed by atoms with van der Waals surface area (Å²) in [6.45, 7) is 5.94. The van der Waals surface area contributed by atoms with Crippen LogP contribution >= 0.6 is 0 Å². The van der Waals surface area contributed by atoms with Crippen LogP contribution in [0.2, 0.25) is 0 Å². The average Bonchev–Trinajstić information content (AvgIpc) is 2.36. The fourth-order valence-electron chi connectivity index (χ4n) is 1.45. The van der Waals surface area contributed by atoms with Gasteiger partial charge in [0.2, 0.25) is 0 Å². The summed E-state index contributed by atoms with van der Waals surface area (Å²) in [5, 5.41) is 0. The molecule has 80 valence electrons. The summed E-state index contributed by atoms with van der Waals surface area (Å²) in [4.78, 5) is 0. The van der Waals surface area contributed by atoms with Crippen molar-refractivity contribution in [2.75, 3.05) is 0 Å². The van der Waals surface area contributed by atoms with E-state index in [2.05, 4.69) is 4.74 Å². The van der Waals surface area contributed by atoms with Crippen LogP contribution in [0.1, 0.15) is 40.0 Å². The molecule has 2 atom stereocenters. The Bertz CT molecular complexity index is 133. The molecule has 0 aromatic rings. The van der Waals surface area contributed by atoms with Crippen LogP contribution in [0.5, 0.6) is 0 Å². The number of rotatable bonds is 1. The Balaban J connectivity index is 0.000000671. The molecule has 13 heavy (non-hydrogen) atoms. The smallest absolute Gasteiger partial charge is 0.289 e. The van der Waals surface area contributed by atoms with E-state index in [4.69, 9.17) is 0 Å². The zero-order chi connectivity index (χ0) is 10.5. The van der Waals surface area contributed by atoms with Crippen molar-refractivity contribution in [1.82, 2.24) is 0 Å². The molecule has 1 rings (SSSR count). The molecule has 1 saturated carbocycles. The zero-order valence-electron chi connectivity index (χ0n) is 8.32. The molecule has 0 amide bonds. The number of alkyl halides is 3. The molecule has 0 saturated heterocycles. The Morgan fingerprint density at radius 3 is 2.00 bits per heavy atom. The summed E-state index contributed by atoms with van der Waals surface area (Å²) >= 11 is 0. The van der Waals surface area contributed by atoms with E-state index in [1.165, 1.54) is 0 Å². The molecule has 0 bridgehead atoms. The largest absolute Gasteiger partial charge is 0.522 e. The minimum Gasteiger partial charge on any atom is -0.289 e. The maximum Gasteiger partial charge on any atom is 0.522 e. The van der Waals surface area contributed by atoms with Crippen LogP contribution in [0, 0.1) is 5.92 Å². The fourth-order valence-corrected chi connectivity index (χ4v) is 1.45. The fraction of sp³-hybridized carbons (Fsp3) is 1.00. The first kappa shape index (κ1) is 12.8. The first-order chi connectivity index (χ1) is 5.97. The van der Waals surface area contributed by atoms with E-state index in [1.807, 2.05) is 20.8 Å². The van der Waals surface area contributed by atoms with Crippen molar-refractivity contribution in [2.24, 2.45) is 5.92 Å². The van der Waals surface area contributed by atoms with Crippen LogP contribution in [-0.2, 0) is 4.74 Å². The third kappa shape index (κ3) is 5.91. The van der Waals surface area contributed by atoms with Crippen LogP contribution in [0.15, 0.2) is 0 Å². The van der Waals surface area contributed by atoms with Crippen molar-refractivity contribution >= 4 is 0 Å². The highest BCUT2D eigenvalue weighted by molar-refractivity contribution is 4.72. The van der Waals surface area contributed by atoms with Crippen molar-refractivity contribution in [1.29, 1.82) is 0 Å². The SMILES string of the molecule is CC.CC1CCC(OC(F)(F)F)C1. The van der Waals surface area contributed by atoms with Gasteiger partial charge < -0.3 is 0 Å². The lowest BCUT2D eigenvalue weighted by atomic mass is 10.1. The van der Waals surface area contributed by atoms with Gasteiger partial charge in [-0.25, -0.2) is 0 Å². The molecule has 0 aromatic carbocycles. The molecular weight excluding hydrogens is 181 g/mol. The van der Waals surface area contributed by atoms with Crippen molar-refractivity contribution < 1.29 is 17.9 Å². The molecule has 0 spiro atoms. The van der Waals surface area contributed by atoms with Crippen molar-refractivity contribution in [3.8, 4) is 0 Å². The monoisotopic (exact) mass is 198 g/mol. The van der Waals surface area contributed by atoms with E-state index >= 15 is 0 Å². The molecule has 4 heteroatoms. The van der Waals surface area contributed by atoms with Gasteiger partial charge in [-0.3, -0.25) is 4.74 Å². The number of halogens is 3. The van der Waals surface area contributed by atoms with E-state index in [1.54, 1.807) is 0 Å². The van der Waals surface area contributed by atoms with Crippen molar-refractivity contribution in [3.05, 3.63) is 0 Å². The summed E-state index contributed by atoms with van der Waals surface area (Å²) < 4.78 is 38.7. The third-order valence-electron chi connectivity index (χ3n) is 1.95. The van der Waals surface area contributed by atoms with Crippen LogP contribution in [0.4, 0.5) is 13.2 Å². The van der Waals surface area contributed by atoms with Gasteiger partial charge >= 0.3 is 6.36 Å². The Kier molecular flexibility index (Phi) is 5.37. The number of ether oxygens (including phenoxy) is 1. The van der Waals surface area contributed by atoms with Gasteiger partial charge in [-0.15, -0.1) is 13.2 Å². The van der Waals surface area contributed by atoms with Gasteiger partial charge in [0.15, 0.2) is 0 Å².